The van der Waals surface area contributed by atoms with E-state index in [0.29, 0.717) is 74.8 Å². The van der Waals surface area contributed by atoms with Gasteiger partial charge in [-0.2, -0.15) is 0 Å². The quantitative estimate of drug-likeness (QED) is 0.209. The highest BCUT2D eigenvalue weighted by atomic mass is 16.5. The molecular formula is C46H54N10O6. The molecule has 16 heteroatoms. The number of rotatable bonds is 9. The van der Waals surface area contributed by atoms with E-state index in [0.717, 1.165) is 99.2 Å². The first-order chi connectivity index (χ1) is 30.3. The van der Waals surface area contributed by atoms with Crippen molar-refractivity contribution in [3.8, 4) is 28.5 Å². The van der Waals surface area contributed by atoms with Crippen LogP contribution in [0.4, 0.5) is 28.6 Å². The Balaban J connectivity index is 0.703. The molecule has 0 radical (unpaired) electrons. The summed E-state index contributed by atoms with van der Waals surface area (Å²) in [5.41, 5.74) is 11.5. The van der Waals surface area contributed by atoms with Gasteiger partial charge in [0.15, 0.2) is 11.6 Å². The molecule has 3 atom stereocenters. The van der Waals surface area contributed by atoms with Gasteiger partial charge in [-0.25, -0.2) is 0 Å². The number of fused-ring (bicyclic) bond motifs is 3. The lowest BCUT2D eigenvalue weighted by Crippen LogP contribution is -2.54. The second kappa shape index (κ2) is 16.9. The first kappa shape index (κ1) is 39.8. The Morgan fingerprint density at radius 1 is 0.806 bits per heavy atom. The highest BCUT2D eigenvalue weighted by Crippen LogP contribution is 2.43. The Hall–Kier alpha value is -6.29. The molecule has 62 heavy (non-hydrogen) atoms. The van der Waals surface area contributed by atoms with Crippen LogP contribution in [0.2, 0.25) is 0 Å². The van der Waals surface area contributed by atoms with Gasteiger partial charge in [-0.05, 0) is 61.7 Å². The van der Waals surface area contributed by atoms with Crippen LogP contribution in [0.5, 0.6) is 17.2 Å². The molecule has 5 fully saturated rings. The van der Waals surface area contributed by atoms with Crippen molar-refractivity contribution in [1.82, 2.24) is 25.3 Å². The maximum absolute atomic E-state index is 13.5. The summed E-state index contributed by atoms with van der Waals surface area (Å²) in [7, 11) is 0. The van der Waals surface area contributed by atoms with Crippen molar-refractivity contribution < 1.29 is 29.0 Å². The average Bonchev–Trinajstić information content (AvgIpc) is 3.55. The minimum Gasteiger partial charge on any atom is -0.507 e. The third kappa shape index (κ3) is 7.87. The van der Waals surface area contributed by atoms with Crippen molar-refractivity contribution in [2.24, 2.45) is 0 Å². The molecule has 3 amide bonds. The number of hydrogen-bond acceptors (Lipinski definition) is 14. The number of carbonyl (C=O) groups excluding carboxylic acids is 3. The molecule has 4 aromatic rings. The molecular weight excluding hydrogens is 789 g/mol. The monoisotopic (exact) mass is 842 g/mol. The number of piperidine rings is 2. The number of aromatic hydroxyl groups is 1. The second-order valence-corrected chi connectivity index (χ2v) is 17.3. The molecule has 324 valence electrons. The third-order valence-corrected chi connectivity index (χ3v) is 13.5. The number of phenolic OH excluding ortho intramolecular Hbond substituents is 1. The number of para-hydroxylation sites is 2. The van der Waals surface area contributed by atoms with E-state index in [-0.39, 0.29) is 29.6 Å². The van der Waals surface area contributed by atoms with Crippen molar-refractivity contribution in [2.75, 3.05) is 97.4 Å². The van der Waals surface area contributed by atoms with Crippen LogP contribution in [0, 0.1) is 0 Å². The van der Waals surface area contributed by atoms with Gasteiger partial charge in [-0.3, -0.25) is 24.6 Å². The summed E-state index contributed by atoms with van der Waals surface area (Å²) in [6, 6.07) is 23.8. The number of anilines is 5. The number of amides is 3. The number of imide groups is 1. The summed E-state index contributed by atoms with van der Waals surface area (Å²) >= 11 is 0. The molecule has 10 rings (SSSR count). The molecule has 5 saturated heterocycles. The van der Waals surface area contributed by atoms with Gasteiger partial charge in [0.2, 0.25) is 17.7 Å². The number of benzene rings is 3. The first-order valence-electron chi connectivity index (χ1n) is 22.1. The minimum atomic E-state index is -0.392. The number of likely N-dealkylation sites (tertiary alicyclic amines) is 1. The number of carbonyl (C=O) groups is 3. The van der Waals surface area contributed by atoms with E-state index in [4.69, 9.17) is 15.2 Å². The molecule has 1 aromatic heterocycles. The van der Waals surface area contributed by atoms with E-state index >= 15 is 0 Å². The number of nitrogens with two attached hydrogens (primary N) is 1. The zero-order valence-electron chi connectivity index (χ0n) is 34.9. The number of nitrogens with zero attached hydrogens (tertiary/aromatic N) is 8. The summed E-state index contributed by atoms with van der Waals surface area (Å²) in [6.45, 7) is 7.44. The summed E-state index contributed by atoms with van der Waals surface area (Å²) in [6.07, 6.45) is 4.60. The number of ether oxygens (including phenoxy) is 2. The van der Waals surface area contributed by atoms with E-state index in [1.165, 1.54) is 0 Å². The summed E-state index contributed by atoms with van der Waals surface area (Å²) in [4.78, 5) is 51.5. The fourth-order valence-corrected chi connectivity index (χ4v) is 10.4. The van der Waals surface area contributed by atoms with Gasteiger partial charge >= 0.3 is 0 Å². The van der Waals surface area contributed by atoms with Gasteiger partial charge in [0.1, 0.15) is 30.3 Å². The highest BCUT2D eigenvalue weighted by Gasteiger charge is 2.41. The Kier molecular flexibility index (Phi) is 10.8. The standard InChI is InChI=1S/C46H54N10O6/c47-45-40(26-36(49-50-45)35-7-1-2-10-41(35)57)54-27-31-11-12-32(28-54)56(31)30-5-3-6-34(25-30)62-33-15-17-53(18-16-33)43(59)29-51-19-21-52(22-20-51)37-8-4-9-38-44(37)61-24-23-55(38)39-13-14-42(58)48-46(39)60/h1-10,25-26,31-33,39,57H,11-24,27-29H2,(H2,47,50)(H,48,58,60)/t31?,32?,39-/m0/s1. The van der Waals surface area contributed by atoms with Crippen molar-refractivity contribution >= 4 is 46.3 Å². The third-order valence-electron chi connectivity index (χ3n) is 13.5. The molecule has 6 aliphatic heterocycles. The van der Waals surface area contributed by atoms with Gasteiger partial charge in [0, 0.05) is 101 Å². The SMILES string of the molecule is Nc1nnc(-c2ccccc2O)cc1N1CC2CCC(C1)N2c1cccc(OC2CCN(C(=O)CN3CCN(c4cccc5c4OCCN5[C@H]4CCC(=O)NC4=O)CC3)CC2)c1. The summed E-state index contributed by atoms with van der Waals surface area (Å²) in [5.74, 6) is 1.88. The minimum absolute atomic E-state index is 0.0387. The lowest BCUT2D eigenvalue weighted by atomic mass is 10.0. The Morgan fingerprint density at radius 2 is 1.56 bits per heavy atom. The maximum Gasteiger partial charge on any atom is 0.249 e. The molecule has 4 N–H and O–H groups in total. The van der Waals surface area contributed by atoms with Crippen LogP contribution in [0.1, 0.15) is 38.5 Å². The fourth-order valence-electron chi connectivity index (χ4n) is 10.4. The van der Waals surface area contributed by atoms with Crippen LogP contribution in [0.15, 0.2) is 72.8 Å². The molecule has 0 saturated carbocycles. The molecule has 2 unspecified atom stereocenters. The molecule has 16 nitrogen and oxygen atoms in total. The van der Waals surface area contributed by atoms with Crippen LogP contribution >= 0.6 is 0 Å². The Labute approximate surface area is 361 Å². The molecule has 2 bridgehead atoms. The van der Waals surface area contributed by atoms with E-state index < -0.39 is 6.04 Å². The van der Waals surface area contributed by atoms with E-state index in [1.54, 1.807) is 12.1 Å². The van der Waals surface area contributed by atoms with Gasteiger partial charge in [-0.15, -0.1) is 10.2 Å². The van der Waals surface area contributed by atoms with E-state index in [2.05, 4.69) is 64.3 Å². The zero-order chi connectivity index (χ0) is 42.3. The zero-order valence-corrected chi connectivity index (χ0v) is 34.9. The Morgan fingerprint density at radius 3 is 2.34 bits per heavy atom. The second-order valence-electron chi connectivity index (χ2n) is 17.3. The van der Waals surface area contributed by atoms with Crippen molar-refractivity contribution in [2.45, 2.75) is 62.8 Å². The molecule has 0 aliphatic carbocycles. The number of nitrogen functional groups attached to an aromatic ring is 1. The van der Waals surface area contributed by atoms with Crippen LogP contribution < -0.4 is 40.1 Å². The molecule has 3 aromatic carbocycles. The topological polar surface area (TPSA) is 173 Å². The smallest absolute Gasteiger partial charge is 0.249 e. The highest BCUT2D eigenvalue weighted by molar-refractivity contribution is 6.02. The van der Waals surface area contributed by atoms with Crippen LogP contribution in [0.3, 0.4) is 0 Å². The molecule has 7 heterocycles. The van der Waals surface area contributed by atoms with Crippen LogP contribution in [0.25, 0.3) is 11.3 Å². The predicted molar refractivity (Wildman–Crippen MR) is 236 cm³/mol. The fraction of sp³-hybridized carbons (Fsp3) is 0.457. The number of piperazine rings is 2. The van der Waals surface area contributed by atoms with Crippen molar-refractivity contribution in [1.29, 1.82) is 0 Å². The number of aromatic nitrogens is 2. The number of nitrogens with one attached hydrogen (secondary N) is 1. The van der Waals surface area contributed by atoms with Crippen LogP contribution in [-0.2, 0) is 14.4 Å². The lowest BCUT2D eigenvalue weighted by molar-refractivity contribution is -0.135. The Bertz CT molecular complexity index is 2320. The summed E-state index contributed by atoms with van der Waals surface area (Å²) in [5, 5.41) is 21.5. The van der Waals surface area contributed by atoms with Crippen LogP contribution in [-0.4, -0.2) is 139 Å². The summed E-state index contributed by atoms with van der Waals surface area (Å²) < 4.78 is 12.8. The number of hydrogen-bond donors (Lipinski definition) is 3. The average molecular weight is 843 g/mol. The predicted octanol–water partition coefficient (Wildman–Crippen LogP) is 3.49. The molecule has 0 spiro atoms. The van der Waals surface area contributed by atoms with Gasteiger partial charge in [0.05, 0.1) is 35.8 Å². The van der Waals surface area contributed by atoms with Gasteiger partial charge < -0.3 is 44.8 Å². The molecule has 6 aliphatic rings. The van der Waals surface area contributed by atoms with Gasteiger partial charge in [-0.1, -0.05) is 24.3 Å². The lowest BCUT2D eigenvalue weighted by Gasteiger charge is -2.43. The van der Waals surface area contributed by atoms with Crippen molar-refractivity contribution in [3.63, 3.8) is 0 Å². The van der Waals surface area contributed by atoms with Gasteiger partial charge in [0.25, 0.3) is 0 Å². The van der Waals surface area contributed by atoms with E-state index in [1.807, 2.05) is 41.3 Å². The normalized spacial score (nSPS) is 23.2. The maximum atomic E-state index is 13.5. The number of phenols is 1. The largest absolute Gasteiger partial charge is 0.507 e. The first-order valence-corrected chi connectivity index (χ1v) is 22.1. The van der Waals surface area contributed by atoms with Crippen molar-refractivity contribution in [3.05, 3.63) is 72.8 Å². The van der Waals surface area contributed by atoms with E-state index in [9.17, 15) is 19.5 Å².